The maximum atomic E-state index is 5.17. The van der Waals surface area contributed by atoms with E-state index in [1.165, 1.54) is 0 Å². The van der Waals surface area contributed by atoms with E-state index in [1.807, 2.05) is 6.21 Å². The molecule has 0 aliphatic carbocycles. The third-order valence-corrected chi connectivity index (χ3v) is 1.60. The fourth-order valence-corrected chi connectivity index (χ4v) is 0.758. The molecule has 0 unspecified atom stereocenters. The minimum atomic E-state index is 0.215. The highest BCUT2D eigenvalue weighted by atomic mass is 32.1. The van der Waals surface area contributed by atoms with Crippen LogP contribution in [0.5, 0.6) is 0 Å². The maximum absolute atomic E-state index is 5.17. The quantitative estimate of drug-likeness (QED) is 0.382. The molecule has 0 radical (unpaired) electrons. The summed E-state index contributed by atoms with van der Waals surface area (Å²) < 4.78 is 0. The van der Waals surface area contributed by atoms with Crippen LogP contribution in [-0.2, 0) is 0 Å². The molecule has 0 bridgehead atoms. The number of rotatable bonds is 4. The van der Waals surface area contributed by atoms with Crippen LogP contribution < -0.4 is 11.2 Å². The van der Waals surface area contributed by atoms with Crippen molar-refractivity contribution in [3.63, 3.8) is 0 Å². The van der Waals surface area contributed by atoms with Crippen molar-refractivity contribution in [3.8, 4) is 0 Å². The second-order valence-corrected chi connectivity index (χ2v) is 2.77. The van der Waals surface area contributed by atoms with Crippen LogP contribution in [0.1, 0.15) is 26.7 Å². The molecule has 0 aliphatic heterocycles. The van der Waals surface area contributed by atoms with Crippen LogP contribution in [0, 0.1) is 5.92 Å². The Morgan fingerprint density at radius 2 is 2.18 bits per heavy atom. The molecule has 0 fully saturated rings. The fourth-order valence-electron chi connectivity index (χ4n) is 0.706. The first-order valence-electron chi connectivity index (χ1n) is 3.79. The fraction of sp³-hybridized carbons (Fsp3) is 0.714. The predicted molar refractivity (Wildman–Crippen MR) is 52.5 cm³/mol. The number of nitrogens with one attached hydrogen (secondary N) is 1. The Labute approximate surface area is 73.0 Å². The Bertz CT molecular complexity index is 141. The minimum absolute atomic E-state index is 0.215. The molecule has 0 aromatic rings. The van der Waals surface area contributed by atoms with Gasteiger partial charge in [-0.15, -0.1) is 0 Å². The number of hydrazone groups is 1. The van der Waals surface area contributed by atoms with Crippen LogP contribution in [-0.4, -0.2) is 11.3 Å². The molecule has 0 rings (SSSR count). The zero-order valence-corrected chi connectivity index (χ0v) is 7.82. The van der Waals surface area contributed by atoms with Gasteiger partial charge in [0.2, 0.25) is 0 Å². The molecule has 0 saturated heterocycles. The summed E-state index contributed by atoms with van der Waals surface area (Å²) in [5.74, 6) is 0.525. The van der Waals surface area contributed by atoms with Gasteiger partial charge in [-0.3, -0.25) is 5.43 Å². The molecule has 0 saturated carbocycles. The highest BCUT2D eigenvalue weighted by Crippen LogP contribution is 2.02. The second kappa shape index (κ2) is 6.09. The molecule has 0 heterocycles. The first kappa shape index (κ1) is 10.4. The number of thiocarbonyl (C=S) groups is 1. The molecule has 3 N–H and O–H groups in total. The lowest BCUT2D eigenvalue weighted by atomic mass is 10.1. The monoisotopic (exact) mass is 173 g/mol. The van der Waals surface area contributed by atoms with E-state index in [0.717, 1.165) is 12.8 Å². The largest absolute Gasteiger partial charge is 0.375 e. The number of nitrogens with zero attached hydrogens (tertiary/aromatic N) is 1. The van der Waals surface area contributed by atoms with E-state index in [0.29, 0.717) is 5.92 Å². The van der Waals surface area contributed by atoms with Crippen molar-refractivity contribution < 1.29 is 0 Å². The van der Waals surface area contributed by atoms with Gasteiger partial charge in [-0.25, -0.2) is 0 Å². The Hall–Kier alpha value is -0.640. The van der Waals surface area contributed by atoms with Gasteiger partial charge in [0.15, 0.2) is 5.11 Å². The summed E-state index contributed by atoms with van der Waals surface area (Å²) in [5.41, 5.74) is 7.69. The van der Waals surface area contributed by atoms with Crippen molar-refractivity contribution in [1.82, 2.24) is 5.43 Å². The molecule has 0 amide bonds. The van der Waals surface area contributed by atoms with Crippen molar-refractivity contribution in [2.24, 2.45) is 16.8 Å². The van der Waals surface area contributed by atoms with Crippen LogP contribution in [0.25, 0.3) is 0 Å². The van der Waals surface area contributed by atoms with Gasteiger partial charge < -0.3 is 5.73 Å². The van der Waals surface area contributed by atoms with Crippen molar-refractivity contribution in [1.29, 1.82) is 0 Å². The average molecular weight is 173 g/mol. The molecule has 0 aliphatic rings. The number of hydrogen-bond acceptors (Lipinski definition) is 2. The van der Waals surface area contributed by atoms with E-state index in [4.69, 9.17) is 5.73 Å². The molecular weight excluding hydrogens is 158 g/mol. The smallest absolute Gasteiger partial charge is 0.184 e. The summed E-state index contributed by atoms with van der Waals surface area (Å²) in [6, 6.07) is 0. The van der Waals surface area contributed by atoms with E-state index in [2.05, 4.69) is 36.6 Å². The molecular formula is C7H15N3S. The van der Waals surface area contributed by atoms with E-state index in [-0.39, 0.29) is 5.11 Å². The average Bonchev–Trinajstić information content (AvgIpc) is 1.98. The summed E-state index contributed by atoms with van der Waals surface area (Å²) in [6.07, 6.45) is 4.04. The molecule has 0 aromatic heterocycles. The topological polar surface area (TPSA) is 50.4 Å². The summed E-state index contributed by atoms with van der Waals surface area (Å²) in [6.45, 7) is 4.25. The highest BCUT2D eigenvalue weighted by Gasteiger charge is 1.96. The van der Waals surface area contributed by atoms with Gasteiger partial charge in [-0.2, -0.15) is 5.10 Å². The maximum Gasteiger partial charge on any atom is 0.184 e. The van der Waals surface area contributed by atoms with Gasteiger partial charge in [0.25, 0.3) is 0 Å². The molecule has 0 atom stereocenters. The molecule has 11 heavy (non-hydrogen) atoms. The summed E-state index contributed by atoms with van der Waals surface area (Å²) in [4.78, 5) is 0. The lowest BCUT2D eigenvalue weighted by Crippen LogP contribution is -2.24. The summed E-state index contributed by atoms with van der Waals surface area (Å²) in [5, 5.41) is 4.09. The van der Waals surface area contributed by atoms with Gasteiger partial charge in [-0.1, -0.05) is 13.8 Å². The first-order valence-corrected chi connectivity index (χ1v) is 4.20. The normalized spacial score (nSPS) is 10.8. The summed E-state index contributed by atoms with van der Waals surface area (Å²) >= 11 is 4.57. The SMILES string of the molecule is CCC(C=NNC(N)=S)CC. The Kier molecular flexibility index (Phi) is 5.74. The zero-order chi connectivity index (χ0) is 8.69. The summed E-state index contributed by atoms with van der Waals surface area (Å²) in [7, 11) is 0. The molecule has 4 heteroatoms. The highest BCUT2D eigenvalue weighted by molar-refractivity contribution is 7.80. The first-order chi connectivity index (χ1) is 5.20. The third-order valence-electron chi connectivity index (χ3n) is 1.51. The predicted octanol–water partition coefficient (Wildman–Crippen LogP) is 1.24. The number of nitrogens with two attached hydrogens (primary N) is 1. The standard InChI is InChI=1S/C7H15N3S/c1-3-6(4-2)5-9-10-7(8)11/h5-6H,3-4H2,1-2H3,(H3,8,10,11). The zero-order valence-electron chi connectivity index (χ0n) is 7.00. The second-order valence-electron chi connectivity index (χ2n) is 2.33. The number of hydrogen-bond donors (Lipinski definition) is 2. The molecule has 0 aromatic carbocycles. The van der Waals surface area contributed by atoms with Gasteiger partial charge in [0.05, 0.1) is 0 Å². The van der Waals surface area contributed by atoms with Gasteiger partial charge >= 0.3 is 0 Å². The lowest BCUT2D eigenvalue weighted by molar-refractivity contribution is 0.651. The van der Waals surface area contributed by atoms with E-state index in [1.54, 1.807) is 0 Å². The van der Waals surface area contributed by atoms with Crippen LogP contribution >= 0.6 is 12.2 Å². The van der Waals surface area contributed by atoms with E-state index in [9.17, 15) is 0 Å². The third kappa shape index (κ3) is 5.79. The van der Waals surface area contributed by atoms with Crippen LogP contribution in [0.15, 0.2) is 5.10 Å². The lowest BCUT2D eigenvalue weighted by Gasteiger charge is -2.03. The van der Waals surface area contributed by atoms with E-state index < -0.39 is 0 Å². The van der Waals surface area contributed by atoms with Gasteiger partial charge in [0, 0.05) is 6.21 Å². The molecule has 0 spiro atoms. The van der Waals surface area contributed by atoms with Crippen molar-refractivity contribution >= 4 is 23.5 Å². The van der Waals surface area contributed by atoms with Gasteiger partial charge in [0.1, 0.15) is 0 Å². The Morgan fingerprint density at radius 1 is 1.64 bits per heavy atom. The van der Waals surface area contributed by atoms with E-state index >= 15 is 0 Å². The van der Waals surface area contributed by atoms with Gasteiger partial charge in [-0.05, 0) is 31.0 Å². The molecule has 64 valence electrons. The van der Waals surface area contributed by atoms with Crippen LogP contribution in [0.3, 0.4) is 0 Å². The van der Waals surface area contributed by atoms with Crippen LogP contribution in [0.2, 0.25) is 0 Å². The Morgan fingerprint density at radius 3 is 2.55 bits per heavy atom. The van der Waals surface area contributed by atoms with Crippen molar-refractivity contribution in [2.45, 2.75) is 26.7 Å². The minimum Gasteiger partial charge on any atom is -0.375 e. The van der Waals surface area contributed by atoms with Crippen LogP contribution in [0.4, 0.5) is 0 Å². The Balaban J connectivity index is 3.61. The molecule has 3 nitrogen and oxygen atoms in total. The van der Waals surface area contributed by atoms with Crippen molar-refractivity contribution in [2.75, 3.05) is 0 Å². The van der Waals surface area contributed by atoms with Crippen molar-refractivity contribution in [3.05, 3.63) is 0 Å².